The second-order valence-corrected chi connectivity index (χ2v) is 5.10. The number of hydrogen-bond acceptors (Lipinski definition) is 1. The fourth-order valence-corrected chi connectivity index (χ4v) is 2.13. The maximum atomic E-state index is 13.6. The van der Waals surface area contributed by atoms with Crippen molar-refractivity contribution in [2.45, 2.75) is 58.5 Å². The van der Waals surface area contributed by atoms with E-state index in [0.717, 1.165) is 25.3 Å². The highest BCUT2D eigenvalue weighted by atomic mass is 19.1. The average molecular weight is 255 g/mol. The lowest BCUT2D eigenvalue weighted by molar-refractivity contribution is 0.418. The Morgan fingerprint density at radius 3 is 2.56 bits per heavy atom. The molecule has 0 heterocycles. The minimum absolute atomic E-state index is 0.209. The highest BCUT2D eigenvalue weighted by molar-refractivity contribution is 5.19. The van der Waals surface area contributed by atoms with Crippen LogP contribution >= 0.6 is 0 Å². The first-order chi connectivity index (χ1) is 8.52. The summed E-state index contributed by atoms with van der Waals surface area (Å²) in [4.78, 5) is 0. The van der Waals surface area contributed by atoms with Gasteiger partial charge in [0.2, 0.25) is 0 Å². The van der Waals surface area contributed by atoms with E-state index in [1.165, 1.54) is 12.1 Å². The van der Waals surface area contributed by atoms with Gasteiger partial charge in [-0.2, -0.15) is 0 Å². The van der Waals surface area contributed by atoms with E-state index in [1.807, 2.05) is 0 Å². The molecule has 18 heavy (non-hydrogen) atoms. The van der Waals surface area contributed by atoms with Gasteiger partial charge in [-0.1, -0.05) is 33.6 Å². The van der Waals surface area contributed by atoms with Gasteiger partial charge in [0.15, 0.2) is 0 Å². The zero-order valence-corrected chi connectivity index (χ0v) is 11.5. The maximum absolute atomic E-state index is 13.6. The van der Waals surface area contributed by atoms with Crippen molar-refractivity contribution in [3.05, 3.63) is 35.4 Å². The zero-order valence-electron chi connectivity index (χ0n) is 11.5. The predicted molar refractivity (Wildman–Crippen MR) is 71.6 cm³/mol. The van der Waals surface area contributed by atoms with Crippen LogP contribution in [0.4, 0.5) is 8.78 Å². The summed E-state index contributed by atoms with van der Waals surface area (Å²) in [7, 11) is 0. The first kappa shape index (κ1) is 15.1. The molecule has 0 aliphatic heterocycles. The van der Waals surface area contributed by atoms with Gasteiger partial charge in [0.1, 0.15) is 11.6 Å². The van der Waals surface area contributed by atoms with Crippen LogP contribution in [0.25, 0.3) is 0 Å². The van der Waals surface area contributed by atoms with Crippen LogP contribution in [0.1, 0.15) is 45.6 Å². The van der Waals surface area contributed by atoms with Gasteiger partial charge in [0, 0.05) is 12.1 Å². The predicted octanol–water partition coefficient (Wildman–Crippen LogP) is 4.06. The summed E-state index contributed by atoms with van der Waals surface area (Å²) in [6.07, 6.45) is 3.75. The fraction of sp³-hybridized carbons (Fsp3) is 0.600. The standard InChI is InChI=1S/C15H23F2N/c1-4-5-6-14(18-11(2)3)10-12-9-13(16)7-8-15(12)17/h7-9,11,14,18H,4-6,10H2,1-3H3. The van der Waals surface area contributed by atoms with Crippen molar-refractivity contribution in [3.63, 3.8) is 0 Å². The summed E-state index contributed by atoms with van der Waals surface area (Å²) >= 11 is 0. The molecule has 0 spiro atoms. The Morgan fingerprint density at radius 1 is 1.22 bits per heavy atom. The van der Waals surface area contributed by atoms with Gasteiger partial charge < -0.3 is 5.32 Å². The third kappa shape index (κ3) is 5.13. The second-order valence-electron chi connectivity index (χ2n) is 5.10. The molecule has 1 N–H and O–H groups in total. The van der Waals surface area contributed by atoms with Crippen LogP contribution in [-0.4, -0.2) is 12.1 Å². The number of unbranched alkanes of at least 4 members (excludes halogenated alkanes) is 1. The van der Waals surface area contributed by atoms with Crippen LogP contribution in [-0.2, 0) is 6.42 Å². The third-order valence-electron chi connectivity index (χ3n) is 2.95. The Kier molecular flexibility index (Phi) is 6.27. The van der Waals surface area contributed by atoms with Crippen LogP contribution < -0.4 is 5.32 Å². The van der Waals surface area contributed by atoms with Crippen molar-refractivity contribution in [2.24, 2.45) is 0 Å². The van der Waals surface area contributed by atoms with E-state index in [1.54, 1.807) is 0 Å². The molecule has 0 aliphatic rings. The lowest BCUT2D eigenvalue weighted by Gasteiger charge is -2.21. The van der Waals surface area contributed by atoms with Crippen molar-refractivity contribution < 1.29 is 8.78 Å². The first-order valence-electron chi connectivity index (χ1n) is 6.73. The van der Waals surface area contributed by atoms with Crippen molar-refractivity contribution in [3.8, 4) is 0 Å². The lowest BCUT2D eigenvalue weighted by atomic mass is 10.00. The molecule has 0 aliphatic carbocycles. The molecule has 1 aromatic carbocycles. The van der Waals surface area contributed by atoms with Crippen LogP contribution in [0.15, 0.2) is 18.2 Å². The maximum Gasteiger partial charge on any atom is 0.126 e. The molecule has 0 saturated carbocycles. The SMILES string of the molecule is CCCCC(Cc1cc(F)ccc1F)NC(C)C. The minimum atomic E-state index is -0.370. The molecule has 1 nitrogen and oxygen atoms in total. The van der Waals surface area contributed by atoms with Gasteiger partial charge in [0.25, 0.3) is 0 Å². The van der Waals surface area contributed by atoms with E-state index in [4.69, 9.17) is 0 Å². The van der Waals surface area contributed by atoms with E-state index in [-0.39, 0.29) is 17.7 Å². The molecule has 3 heteroatoms. The van der Waals surface area contributed by atoms with E-state index in [9.17, 15) is 8.78 Å². The summed E-state index contributed by atoms with van der Waals surface area (Å²) in [6, 6.07) is 4.23. The Bertz CT molecular complexity index is 364. The molecule has 1 aromatic rings. The van der Waals surface area contributed by atoms with Crippen molar-refractivity contribution in [1.29, 1.82) is 0 Å². The summed E-state index contributed by atoms with van der Waals surface area (Å²) in [5.41, 5.74) is 0.462. The molecular weight excluding hydrogens is 232 g/mol. The van der Waals surface area contributed by atoms with Gasteiger partial charge in [-0.3, -0.25) is 0 Å². The van der Waals surface area contributed by atoms with Gasteiger partial charge in [-0.25, -0.2) is 8.78 Å². The van der Waals surface area contributed by atoms with Gasteiger partial charge >= 0.3 is 0 Å². The zero-order chi connectivity index (χ0) is 13.5. The molecule has 0 fully saturated rings. The fourth-order valence-electron chi connectivity index (χ4n) is 2.13. The van der Waals surface area contributed by atoms with Gasteiger partial charge in [0.05, 0.1) is 0 Å². The minimum Gasteiger partial charge on any atom is -0.311 e. The van der Waals surface area contributed by atoms with E-state index in [2.05, 4.69) is 26.1 Å². The average Bonchev–Trinajstić information content (AvgIpc) is 2.30. The van der Waals surface area contributed by atoms with Crippen molar-refractivity contribution in [2.75, 3.05) is 0 Å². The third-order valence-corrected chi connectivity index (χ3v) is 2.95. The van der Waals surface area contributed by atoms with E-state index in [0.29, 0.717) is 18.0 Å². The normalized spacial score (nSPS) is 13.0. The first-order valence-corrected chi connectivity index (χ1v) is 6.73. The monoisotopic (exact) mass is 255 g/mol. The van der Waals surface area contributed by atoms with Gasteiger partial charge in [-0.15, -0.1) is 0 Å². The number of halogens is 2. The smallest absolute Gasteiger partial charge is 0.126 e. The Morgan fingerprint density at radius 2 is 1.94 bits per heavy atom. The molecule has 0 bridgehead atoms. The van der Waals surface area contributed by atoms with E-state index >= 15 is 0 Å². The Hall–Kier alpha value is -0.960. The van der Waals surface area contributed by atoms with Crippen LogP contribution in [0.3, 0.4) is 0 Å². The molecule has 0 radical (unpaired) electrons. The lowest BCUT2D eigenvalue weighted by Crippen LogP contribution is -2.36. The Balaban J connectivity index is 2.71. The van der Waals surface area contributed by atoms with Crippen LogP contribution in [0, 0.1) is 11.6 Å². The van der Waals surface area contributed by atoms with E-state index < -0.39 is 0 Å². The van der Waals surface area contributed by atoms with Crippen LogP contribution in [0.5, 0.6) is 0 Å². The highest BCUT2D eigenvalue weighted by Gasteiger charge is 2.13. The second kappa shape index (κ2) is 7.47. The summed E-state index contributed by atoms with van der Waals surface area (Å²) in [6.45, 7) is 6.27. The summed E-state index contributed by atoms with van der Waals surface area (Å²) < 4.78 is 26.7. The number of benzene rings is 1. The largest absolute Gasteiger partial charge is 0.311 e. The molecule has 0 aromatic heterocycles. The number of nitrogens with one attached hydrogen (secondary N) is 1. The molecule has 0 amide bonds. The van der Waals surface area contributed by atoms with Gasteiger partial charge in [-0.05, 0) is 36.6 Å². The molecule has 102 valence electrons. The highest BCUT2D eigenvalue weighted by Crippen LogP contribution is 2.15. The van der Waals surface area contributed by atoms with Crippen LogP contribution in [0.2, 0.25) is 0 Å². The number of hydrogen-bond donors (Lipinski definition) is 1. The molecule has 1 rings (SSSR count). The van der Waals surface area contributed by atoms with Crippen molar-refractivity contribution >= 4 is 0 Å². The summed E-state index contributed by atoms with van der Waals surface area (Å²) in [5.74, 6) is -0.686. The summed E-state index contributed by atoms with van der Waals surface area (Å²) in [5, 5.41) is 3.42. The quantitative estimate of drug-likeness (QED) is 0.774. The molecule has 0 saturated heterocycles. The Labute approximate surface area is 109 Å². The molecule has 1 unspecified atom stereocenters. The topological polar surface area (TPSA) is 12.0 Å². The number of rotatable bonds is 7. The molecular formula is C15H23F2N. The van der Waals surface area contributed by atoms with Crippen molar-refractivity contribution in [1.82, 2.24) is 5.32 Å². The molecule has 1 atom stereocenters.